The van der Waals surface area contributed by atoms with Gasteiger partial charge in [0.25, 0.3) is 0 Å². The third kappa shape index (κ3) is 4.51. The van der Waals surface area contributed by atoms with Gasteiger partial charge in [-0.3, -0.25) is 0 Å². The van der Waals surface area contributed by atoms with Crippen molar-refractivity contribution in [2.45, 2.75) is 33.6 Å². The highest BCUT2D eigenvalue weighted by atomic mass is 35.5. The van der Waals surface area contributed by atoms with E-state index in [1.807, 2.05) is 38.4 Å². The number of halogens is 1. The number of rotatable bonds is 6. The van der Waals surface area contributed by atoms with Crippen molar-refractivity contribution < 1.29 is 4.74 Å². The highest BCUT2D eigenvalue weighted by molar-refractivity contribution is 6.34. The van der Waals surface area contributed by atoms with Crippen LogP contribution in [0.4, 0.5) is 11.8 Å². The monoisotopic (exact) mass is 397 g/mol. The lowest BCUT2D eigenvalue weighted by atomic mass is 10.1. The standard InChI is InChI=1S/C21H24ClN5O/c1-5-14(2)9-6-7-12-23-21-24-13-17-19(25-21)27(4)26-20(28-17)18-15(3)10-8-11-16(18)22/h5,7-8,10-13H,6,9H2,1-4H3,(H,23,24,25)/b12-7+,14-5-. The molecule has 0 radical (unpaired) electrons. The molecule has 1 aromatic heterocycles. The minimum atomic E-state index is 0.432. The second-order valence-corrected chi connectivity index (χ2v) is 6.97. The zero-order chi connectivity index (χ0) is 20.1. The number of aryl methyl sites for hydroxylation is 1. The van der Waals surface area contributed by atoms with Crippen LogP contribution in [0.1, 0.15) is 37.8 Å². The minimum absolute atomic E-state index is 0.432. The summed E-state index contributed by atoms with van der Waals surface area (Å²) in [5.74, 6) is 2.04. The molecule has 0 fully saturated rings. The van der Waals surface area contributed by atoms with Crippen molar-refractivity contribution in [1.82, 2.24) is 9.97 Å². The van der Waals surface area contributed by atoms with Crippen LogP contribution >= 0.6 is 11.6 Å². The smallest absolute Gasteiger partial charge is 0.246 e. The molecule has 0 atom stereocenters. The summed E-state index contributed by atoms with van der Waals surface area (Å²) >= 11 is 6.34. The maximum Gasteiger partial charge on any atom is 0.246 e. The van der Waals surface area contributed by atoms with E-state index in [0.717, 1.165) is 24.0 Å². The molecule has 0 bridgehead atoms. The zero-order valence-corrected chi connectivity index (χ0v) is 17.3. The van der Waals surface area contributed by atoms with Crippen molar-refractivity contribution in [2.24, 2.45) is 5.10 Å². The number of hydrogen-bond acceptors (Lipinski definition) is 6. The van der Waals surface area contributed by atoms with E-state index in [0.29, 0.717) is 28.4 Å². The average Bonchev–Trinajstić information content (AvgIpc) is 2.67. The average molecular weight is 398 g/mol. The molecular formula is C21H24ClN5O. The fraction of sp³-hybridized carbons (Fsp3) is 0.286. The molecule has 2 aromatic rings. The number of allylic oxidation sites excluding steroid dienone is 3. The van der Waals surface area contributed by atoms with E-state index < -0.39 is 0 Å². The van der Waals surface area contributed by atoms with Crippen molar-refractivity contribution in [3.8, 4) is 5.75 Å². The minimum Gasteiger partial charge on any atom is -0.431 e. The molecule has 3 rings (SSSR count). The molecule has 0 unspecified atom stereocenters. The van der Waals surface area contributed by atoms with Gasteiger partial charge >= 0.3 is 0 Å². The van der Waals surface area contributed by atoms with E-state index in [4.69, 9.17) is 16.3 Å². The van der Waals surface area contributed by atoms with E-state index in [1.54, 1.807) is 11.2 Å². The molecule has 1 aromatic carbocycles. The summed E-state index contributed by atoms with van der Waals surface area (Å²) in [4.78, 5) is 8.82. The molecule has 28 heavy (non-hydrogen) atoms. The van der Waals surface area contributed by atoms with Gasteiger partial charge in [0.2, 0.25) is 11.8 Å². The van der Waals surface area contributed by atoms with Crippen LogP contribution in [0.25, 0.3) is 0 Å². The van der Waals surface area contributed by atoms with Crippen LogP contribution in [0.3, 0.4) is 0 Å². The van der Waals surface area contributed by atoms with Crippen LogP contribution in [0.15, 0.2) is 53.4 Å². The van der Waals surface area contributed by atoms with E-state index >= 15 is 0 Å². The number of benzene rings is 1. The van der Waals surface area contributed by atoms with Crippen LogP contribution in [0.2, 0.25) is 5.02 Å². The fourth-order valence-electron chi connectivity index (χ4n) is 2.72. The molecule has 0 amide bonds. The van der Waals surface area contributed by atoms with Crippen LogP contribution in [0, 0.1) is 6.92 Å². The Morgan fingerprint density at radius 1 is 1.36 bits per heavy atom. The molecule has 6 nitrogen and oxygen atoms in total. The number of fused-ring (bicyclic) bond motifs is 1. The SMILES string of the molecule is C/C=C(/C)CC/C=C/Nc1ncc2c(n1)N(C)N=C(c1c(C)cccc1Cl)O2. The second-order valence-electron chi connectivity index (χ2n) is 6.56. The Balaban J connectivity index is 1.73. The summed E-state index contributed by atoms with van der Waals surface area (Å²) in [6, 6.07) is 5.69. The van der Waals surface area contributed by atoms with Crippen LogP contribution in [-0.4, -0.2) is 22.9 Å². The molecule has 1 N–H and O–H groups in total. The number of hydrazone groups is 1. The molecule has 1 aliphatic rings. The van der Waals surface area contributed by atoms with Crippen molar-refractivity contribution in [3.05, 3.63) is 64.5 Å². The van der Waals surface area contributed by atoms with E-state index in [-0.39, 0.29) is 0 Å². The molecule has 2 heterocycles. The van der Waals surface area contributed by atoms with Gasteiger partial charge in [-0.1, -0.05) is 41.5 Å². The molecule has 0 aliphatic carbocycles. The Hall–Kier alpha value is -2.86. The molecule has 0 saturated carbocycles. The van der Waals surface area contributed by atoms with Crippen molar-refractivity contribution in [1.29, 1.82) is 0 Å². The lowest BCUT2D eigenvalue weighted by Crippen LogP contribution is -2.26. The lowest BCUT2D eigenvalue weighted by Gasteiger charge is -2.24. The normalized spacial score (nSPS) is 14.0. The Kier molecular flexibility index (Phi) is 6.31. The second kappa shape index (κ2) is 8.89. The van der Waals surface area contributed by atoms with Crippen molar-refractivity contribution >= 4 is 29.3 Å². The van der Waals surface area contributed by atoms with Crippen molar-refractivity contribution in [3.63, 3.8) is 0 Å². The number of nitrogens with zero attached hydrogens (tertiary/aromatic N) is 4. The Labute approximate surface area is 170 Å². The Morgan fingerprint density at radius 2 is 2.18 bits per heavy atom. The summed E-state index contributed by atoms with van der Waals surface area (Å²) in [6.45, 7) is 6.15. The van der Waals surface area contributed by atoms with Gasteiger partial charge in [0.15, 0.2) is 11.6 Å². The van der Waals surface area contributed by atoms with Crippen molar-refractivity contribution in [2.75, 3.05) is 17.4 Å². The summed E-state index contributed by atoms with van der Waals surface area (Å²) in [5.41, 5.74) is 3.12. The number of anilines is 2. The largest absolute Gasteiger partial charge is 0.431 e. The molecule has 0 saturated heterocycles. The molecule has 146 valence electrons. The Morgan fingerprint density at radius 3 is 2.93 bits per heavy atom. The molecule has 1 aliphatic heterocycles. The topological polar surface area (TPSA) is 62.6 Å². The quantitative estimate of drug-likeness (QED) is 0.670. The summed E-state index contributed by atoms with van der Waals surface area (Å²) in [5, 5.41) is 9.85. The first-order chi connectivity index (χ1) is 13.5. The molecule has 7 heteroatoms. The number of aromatic nitrogens is 2. The maximum absolute atomic E-state index is 6.34. The van der Waals surface area contributed by atoms with Gasteiger partial charge in [0, 0.05) is 7.05 Å². The maximum atomic E-state index is 6.34. The predicted molar refractivity (Wildman–Crippen MR) is 115 cm³/mol. The highest BCUT2D eigenvalue weighted by Gasteiger charge is 2.24. The lowest BCUT2D eigenvalue weighted by molar-refractivity contribution is 0.525. The summed E-state index contributed by atoms with van der Waals surface area (Å²) < 4.78 is 5.93. The van der Waals surface area contributed by atoms with Gasteiger partial charge in [-0.2, -0.15) is 4.98 Å². The first-order valence-corrected chi connectivity index (χ1v) is 9.53. The zero-order valence-electron chi connectivity index (χ0n) is 16.5. The first-order valence-electron chi connectivity index (χ1n) is 9.15. The van der Waals surface area contributed by atoms with Gasteiger partial charge in [-0.15, -0.1) is 5.10 Å². The Bertz CT molecular complexity index is 932. The van der Waals surface area contributed by atoms with Gasteiger partial charge in [0.05, 0.1) is 16.8 Å². The molecular weight excluding hydrogens is 374 g/mol. The van der Waals surface area contributed by atoms with E-state index in [2.05, 4.69) is 46.4 Å². The third-order valence-electron chi connectivity index (χ3n) is 4.45. The highest BCUT2D eigenvalue weighted by Crippen LogP contribution is 2.32. The summed E-state index contributed by atoms with van der Waals surface area (Å²) in [7, 11) is 1.82. The van der Waals surface area contributed by atoms with Gasteiger partial charge < -0.3 is 10.1 Å². The number of hydrogen-bond donors (Lipinski definition) is 1. The van der Waals surface area contributed by atoms with Gasteiger partial charge in [-0.05, 0) is 51.4 Å². The number of nitrogens with one attached hydrogen (secondary N) is 1. The van der Waals surface area contributed by atoms with Crippen LogP contribution in [0.5, 0.6) is 5.75 Å². The molecule has 0 spiro atoms. The van der Waals surface area contributed by atoms with Gasteiger partial charge in [0.1, 0.15) is 0 Å². The van der Waals surface area contributed by atoms with E-state index in [1.165, 1.54) is 5.57 Å². The third-order valence-corrected chi connectivity index (χ3v) is 4.77. The van der Waals surface area contributed by atoms with Crippen LogP contribution in [-0.2, 0) is 0 Å². The van der Waals surface area contributed by atoms with Crippen LogP contribution < -0.4 is 15.1 Å². The predicted octanol–water partition coefficient (Wildman–Crippen LogP) is 5.30. The number of ether oxygens (including phenoxy) is 1. The fourth-order valence-corrected chi connectivity index (χ4v) is 3.02. The first kappa shape index (κ1) is 19.9. The van der Waals surface area contributed by atoms with E-state index in [9.17, 15) is 0 Å². The van der Waals surface area contributed by atoms with Gasteiger partial charge in [-0.25, -0.2) is 9.99 Å². The summed E-state index contributed by atoms with van der Waals surface area (Å²) in [6.07, 6.45) is 9.68.